The first-order valence-electron chi connectivity index (χ1n) is 9.43. The van der Waals surface area contributed by atoms with Crippen molar-refractivity contribution >= 4 is 21.7 Å². The zero-order valence-corrected chi connectivity index (χ0v) is 16.3. The van der Waals surface area contributed by atoms with E-state index in [4.69, 9.17) is 0 Å². The Hall–Kier alpha value is -2.19. The lowest BCUT2D eigenvalue weighted by molar-refractivity contribution is 0.102. The minimum absolute atomic E-state index is 0.238. The third-order valence-electron chi connectivity index (χ3n) is 5.37. The maximum absolute atomic E-state index is 12.7. The summed E-state index contributed by atoms with van der Waals surface area (Å²) in [5.74, 6) is 0.479. The molecule has 0 spiro atoms. The summed E-state index contributed by atoms with van der Waals surface area (Å²) >= 11 is 0. The Morgan fingerprint density at radius 2 is 1.74 bits per heavy atom. The van der Waals surface area contributed by atoms with Crippen molar-refractivity contribution in [2.24, 2.45) is 7.05 Å². The molecule has 0 unspecified atom stereocenters. The molecule has 1 aliphatic carbocycles. The van der Waals surface area contributed by atoms with Gasteiger partial charge in [-0.15, -0.1) is 0 Å². The molecule has 1 saturated heterocycles. The molecule has 1 aliphatic heterocycles. The number of sulfonamides is 1. The molecule has 0 saturated carbocycles. The van der Waals surface area contributed by atoms with E-state index in [0.717, 1.165) is 55.6 Å². The SMILES string of the molecule is Cn1nc2c(c1NC(=O)c1ccc(S(=O)(=O)N3CCCCC3)cc1)CCC2. The number of carbonyl (C=O) groups excluding carboxylic acids is 1. The number of carbonyl (C=O) groups is 1. The summed E-state index contributed by atoms with van der Waals surface area (Å²) in [6.07, 6.45) is 5.80. The van der Waals surface area contributed by atoms with Gasteiger partial charge >= 0.3 is 0 Å². The number of hydrogen-bond donors (Lipinski definition) is 1. The Morgan fingerprint density at radius 3 is 2.44 bits per heavy atom. The molecule has 144 valence electrons. The summed E-state index contributed by atoms with van der Waals surface area (Å²) in [5.41, 5.74) is 2.59. The standard InChI is InChI=1S/C19H24N4O3S/c1-22-18(16-6-5-7-17(16)21-22)20-19(24)14-8-10-15(11-9-14)27(25,26)23-12-3-2-4-13-23/h8-11H,2-7,12-13H2,1H3,(H,20,24). The monoisotopic (exact) mass is 388 g/mol. The number of aromatic nitrogens is 2. The predicted octanol–water partition coefficient (Wildman–Crippen LogP) is 2.34. The number of benzene rings is 1. The van der Waals surface area contributed by atoms with Gasteiger partial charge in [0.15, 0.2) is 0 Å². The van der Waals surface area contributed by atoms with Gasteiger partial charge in [-0.05, 0) is 56.4 Å². The second-order valence-electron chi connectivity index (χ2n) is 7.19. The van der Waals surface area contributed by atoms with Gasteiger partial charge in [-0.2, -0.15) is 9.40 Å². The van der Waals surface area contributed by atoms with Crippen molar-refractivity contribution < 1.29 is 13.2 Å². The number of amides is 1. The van der Waals surface area contributed by atoms with Crippen molar-refractivity contribution in [1.82, 2.24) is 14.1 Å². The van der Waals surface area contributed by atoms with E-state index in [1.54, 1.807) is 16.8 Å². The van der Waals surface area contributed by atoms with Crippen LogP contribution in [0.2, 0.25) is 0 Å². The van der Waals surface area contributed by atoms with Crippen LogP contribution < -0.4 is 5.32 Å². The Morgan fingerprint density at radius 1 is 1.04 bits per heavy atom. The van der Waals surface area contributed by atoms with Crippen molar-refractivity contribution in [3.8, 4) is 0 Å². The van der Waals surface area contributed by atoms with Gasteiger partial charge in [-0.1, -0.05) is 6.42 Å². The number of nitrogens with zero attached hydrogens (tertiary/aromatic N) is 3. The number of fused-ring (bicyclic) bond motifs is 1. The van der Waals surface area contributed by atoms with Crippen molar-refractivity contribution in [2.75, 3.05) is 18.4 Å². The lowest BCUT2D eigenvalue weighted by Gasteiger charge is -2.25. The van der Waals surface area contributed by atoms with Crippen LogP contribution >= 0.6 is 0 Å². The second-order valence-corrected chi connectivity index (χ2v) is 9.13. The topological polar surface area (TPSA) is 84.3 Å². The van der Waals surface area contributed by atoms with Crippen molar-refractivity contribution in [1.29, 1.82) is 0 Å². The summed E-state index contributed by atoms with van der Waals surface area (Å²) < 4.78 is 28.7. The summed E-state index contributed by atoms with van der Waals surface area (Å²) in [6, 6.07) is 6.19. The normalized spacial score (nSPS) is 17.7. The molecular formula is C19H24N4O3S. The maximum Gasteiger partial charge on any atom is 0.256 e. The van der Waals surface area contributed by atoms with Gasteiger partial charge in [0.25, 0.3) is 5.91 Å². The van der Waals surface area contributed by atoms with Crippen LogP contribution in [0.1, 0.15) is 47.3 Å². The first-order chi connectivity index (χ1) is 13.0. The number of nitrogens with one attached hydrogen (secondary N) is 1. The average molecular weight is 388 g/mol. The van der Waals surface area contributed by atoms with Gasteiger partial charge in [0.2, 0.25) is 10.0 Å². The number of aryl methyl sites for hydroxylation is 2. The lowest BCUT2D eigenvalue weighted by Crippen LogP contribution is -2.35. The summed E-state index contributed by atoms with van der Waals surface area (Å²) in [4.78, 5) is 12.9. The quantitative estimate of drug-likeness (QED) is 0.871. The molecule has 2 heterocycles. The van der Waals surface area contributed by atoms with Crippen LogP contribution in [0.15, 0.2) is 29.2 Å². The highest BCUT2D eigenvalue weighted by molar-refractivity contribution is 7.89. The fourth-order valence-corrected chi connectivity index (χ4v) is 5.41. The van der Waals surface area contributed by atoms with Crippen LogP contribution in [0, 0.1) is 0 Å². The second kappa shape index (κ2) is 7.09. The Kier molecular flexibility index (Phi) is 4.77. The molecule has 1 amide bonds. The third kappa shape index (κ3) is 3.39. The Bertz CT molecular complexity index is 958. The molecule has 0 radical (unpaired) electrons. The largest absolute Gasteiger partial charge is 0.307 e. The highest BCUT2D eigenvalue weighted by Crippen LogP contribution is 2.28. The van der Waals surface area contributed by atoms with E-state index < -0.39 is 10.0 Å². The van der Waals surface area contributed by atoms with E-state index in [2.05, 4.69) is 10.4 Å². The molecule has 2 aliphatic rings. The predicted molar refractivity (Wildman–Crippen MR) is 102 cm³/mol. The number of hydrogen-bond acceptors (Lipinski definition) is 4. The number of piperidine rings is 1. The Labute approximate surface area is 159 Å². The highest BCUT2D eigenvalue weighted by atomic mass is 32.2. The Balaban J connectivity index is 1.51. The van der Waals surface area contributed by atoms with Crippen LogP contribution in [0.25, 0.3) is 0 Å². The maximum atomic E-state index is 12.7. The fourth-order valence-electron chi connectivity index (χ4n) is 3.89. The first-order valence-corrected chi connectivity index (χ1v) is 10.9. The van der Waals surface area contributed by atoms with Crippen molar-refractivity contribution in [3.63, 3.8) is 0 Å². The van der Waals surface area contributed by atoms with Gasteiger partial charge < -0.3 is 5.32 Å². The van der Waals surface area contributed by atoms with Gasteiger partial charge in [-0.25, -0.2) is 8.42 Å². The van der Waals surface area contributed by atoms with E-state index in [1.807, 2.05) is 7.05 Å². The molecule has 8 heteroatoms. The van der Waals surface area contributed by atoms with Crippen LogP contribution in [-0.2, 0) is 29.9 Å². The van der Waals surface area contributed by atoms with E-state index >= 15 is 0 Å². The zero-order valence-electron chi connectivity index (χ0n) is 15.4. The molecule has 1 aromatic carbocycles. The van der Waals surface area contributed by atoms with Crippen LogP contribution in [0.3, 0.4) is 0 Å². The van der Waals surface area contributed by atoms with E-state index in [1.165, 1.54) is 16.4 Å². The van der Waals surface area contributed by atoms with Crippen molar-refractivity contribution in [3.05, 3.63) is 41.1 Å². The summed E-state index contributed by atoms with van der Waals surface area (Å²) in [6.45, 7) is 1.13. The molecule has 7 nitrogen and oxygen atoms in total. The number of anilines is 1. The molecule has 27 heavy (non-hydrogen) atoms. The van der Waals surface area contributed by atoms with Crippen molar-refractivity contribution in [2.45, 2.75) is 43.4 Å². The minimum atomic E-state index is -3.48. The molecule has 1 N–H and O–H groups in total. The summed E-state index contributed by atoms with van der Waals surface area (Å²) in [5, 5.41) is 7.38. The highest BCUT2D eigenvalue weighted by Gasteiger charge is 2.26. The molecule has 0 bridgehead atoms. The summed E-state index contributed by atoms with van der Waals surface area (Å²) in [7, 11) is -1.66. The van der Waals surface area contributed by atoms with E-state index in [0.29, 0.717) is 18.7 Å². The molecule has 2 aromatic rings. The van der Waals surface area contributed by atoms with E-state index in [9.17, 15) is 13.2 Å². The van der Waals surface area contributed by atoms with Crippen LogP contribution in [0.4, 0.5) is 5.82 Å². The van der Waals surface area contributed by atoms with Gasteiger partial charge in [-0.3, -0.25) is 9.48 Å². The van der Waals surface area contributed by atoms with Crippen LogP contribution in [-0.4, -0.2) is 41.5 Å². The fraction of sp³-hybridized carbons (Fsp3) is 0.474. The third-order valence-corrected chi connectivity index (χ3v) is 7.28. The van der Waals surface area contributed by atoms with Gasteiger partial charge in [0.05, 0.1) is 10.6 Å². The first kappa shape index (κ1) is 18.2. The molecule has 0 atom stereocenters. The van der Waals surface area contributed by atoms with Crippen LogP contribution in [0.5, 0.6) is 0 Å². The minimum Gasteiger partial charge on any atom is -0.307 e. The molecule has 1 aromatic heterocycles. The number of rotatable bonds is 4. The average Bonchev–Trinajstić information content (AvgIpc) is 3.25. The molecule has 1 fully saturated rings. The van der Waals surface area contributed by atoms with E-state index in [-0.39, 0.29) is 10.8 Å². The molecular weight excluding hydrogens is 364 g/mol. The van der Waals surface area contributed by atoms with Gasteiger partial charge in [0.1, 0.15) is 5.82 Å². The molecule has 4 rings (SSSR count). The lowest BCUT2D eigenvalue weighted by atomic mass is 10.2. The zero-order chi connectivity index (χ0) is 19.0. The smallest absolute Gasteiger partial charge is 0.256 e. The van der Waals surface area contributed by atoms with Gasteiger partial charge in [0, 0.05) is 31.3 Å².